The third-order valence-corrected chi connectivity index (χ3v) is 4.00. The maximum absolute atomic E-state index is 11.8. The maximum Gasteiger partial charge on any atom is 0.243 e. The van der Waals surface area contributed by atoms with E-state index in [4.69, 9.17) is 0 Å². The number of hydrogen-bond donors (Lipinski definition) is 2. The fourth-order valence-electron chi connectivity index (χ4n) is 2.11. The molecule has 0 aromatic heterocycles. The van der Waals surface area contributed by atoms with E-state index in [1.54, 1.807) is 18.2 Å². The van der Waals surface area contributed by atoms with E-state index in [2.05, 4.69) is 26.6 Å². The number of imide groups is 1. The van der Waals surface area contributed by atoms with E-state index in [1.807, 2.05) is 6.07 Å². The van der Waals surface area contributed by atoms with Crippen molar-refractivity contribution in [2.45, 2.75) is 19.3 Å². The molecular formula is C15H16BrN3O4. The second kappa shape index (κ2) is 7.87. The van der Waals surface area contributed by atoms with Gasteiger partial charge in [0.2, 0.25) is 23.6 Å². The lowest BCUT2D eigenvalue weighted by Gasteiger charge is -2.13. The van der Waals surface area contributed by atoms with Crippen LogP contribution in [-0.2, 0) is 19.2 Å². The predicted molar refractivity (Wildman–Crippen MR) is 86.4 cm³/mol. The van der Waals surface area contributed by atoms with Crippen LogP contribution in [0.4, 0.5) is 5.69 Å². The quantitative estimate of drug-likeness (QED) is 0.719. The van der Waals surface area contributed by atoms with Crippen LogP contribution < -0.4 is 10.6 Å². The predicted octanol–water partition coefficient (Wildman–Crippen LogP) is 1.04. The number of amides is 4. The van der Waals surface area contributed by atoms with Crippen LogP contribution in [0.1, 0.15) is 19.3 Å². The second-order valence-corrected chi connectivity index (χ2v) is 5.85. The minimum absolute atomic E-state index is 0.0141. The van der Waals surface area contributed by atoms with Gasteiger partial charge in [-0.05, 0) is 28.1 Å². The molecule has 1 heterocycles. The Balaban J connectivity index is 1.72. The number of para-hydroxylation sites is 1. The van der Waals surface area contributed by atoms with Crippen LogP contribution in [0.5, 0.6) is 0 Å². The van der Waals surface area contributed by atoms with Crippen molar-refractivity contribution in [3.05, 3.63) is 28.7 Å². The molecule has 0 bridgehead atoms. The Morgan fingerprint density at radius 2 is 1.74 bits per heavy atom. The summed E-state index contributed by atoms with van der Waals surface area (Å²) >= 11 is 3.31. The van der Waals surface area contributed by atoms with Gasteiger partial charge in [-0.15, -0.1) is 0 Å². The number of carbonyl (C=O) groups is 4. The van der Waals surface area contributed by atoms with Crippen molar-refractivity contribution in [2.24, 2.45) is 0 Å². The number of likely N-dealkylation sites (tertiary alicyclic amines) is 1. The van der Waals surface area contributed by atoms with Gasteiger partial charge in [0.05, 0.1) is 12.2 Å². The first kappa shape index (κ1) is 17.1. The molecule has 1 aromatic carbocycles. The number of benzene rings is 1. The summed E-state index contributed by atoms with van der Waals surface area (Å²) in [4.78, 5) is 47.3. The lowest BCUT2D eigenvalue weighted by molar-refractivity contribution is -0.138. The molecule has 0 spiro atoms. The van der Waals surface area contributed by atoms with Crippen LogP contribution in [0, 0.1) is 0 Å². The van der Waals surface area contributed by atoms with Gasteiger partial charge in [-0.2, -0.15) is 0 Å². The molecule has 1 saturated heterocycles. The third kappa shape index (κ3) is 4.88. The number of hydrogen-bond acceptors (Lipinski definition) is 4. The van der Waals surface area contributed by atoms with Crippen molar-refractivity contribution in [2.75, 3.05) is 18.4 Å². The fourth-order valence-corrected chi connectivity index (χ4v) is 2.49. The molecule has 23 heavy (non-hydrogen) atoms. The van der Waals surface area contributed by atoms with E-state index in [1.165, 1.54) is 0 Å². The molecule has 4 amide bonds. The van der Waals surface area contributed by atoms with Gasteiger partial charge in [-0.3, -0.25) is 24.1 Å². The molecule has 8 heteroatoms. The monoisotopic (exact) mass is 381 g/mol. The number of nitrogens with one attached hydrogen (secondary N) is 2. The minimum Gasteiger partial charge on any atom is -0.347 e. The van der Waals surface area contributed by atoms with E-state index in [0.717, 1.165) is 9.37 Å². The summed E-state index contributed by atoms with van der Waals surface area (Å²) in [6.45, 7) is -0.128. The van der Waals surface area contributed by atoms with Crippen molar-refractivity contribution < 1.29 is 19.2 Å². The lowest BCUT2D eigenvalue weighted by Crippen LogP contribution is -2.37. The Bertz CT molecular complexity index is 631. The standard InChI is InChI=1S/C15H16BrN3O4/c16-10-3-1-2-4-11(10)18-13(21)9-17-12(20)7-8-19-14(22)5-6-15(19)23/h1-4H,5-9H2,(H,17,20)(H,18,21). The molecule has 0 aliphatic carbocycles. The summed E-state index contributed by atoms with van der Waals surface area (Å²) in [7, 11) is 0. The van der Waals surface area contributed by atoms with Crippen LogP contribution in [0.3, 0.4) is 0 Å². The zero-order valence-electron chi connectivity index (χ0n) is 12.3. The van der Waals surface area contributed by atoms with Crippen molar-refractivity contribution in [1.82, 2.24) is 10.2 Å². The summed E-state index contributed by atoms with van der Waals surface area (Å²) in [5.74, 6) is -1.26. The third-order valence-electron chi connectivity index (χ3n) is 3.31. The number of nitrogens with zero attached hydrogens (tertiary/aromatic N) is 1. The Morgan fingerprint density at radius 3 is 2.39 bits per heavy atom. The summed E-state index contributed by atoms with van der Waals surface area (Å²) in [5, 5.41) is 5.12. The molecule has 1 fully saturated rings. The summed E-state index contributed by atoms with van der Waals surface area (Å²) < 4.78 is 0.741. The smallest absolute Gasteiger partial charge is 0.243 e. The highest BCUT2D eigenvalue weighted by Gasteiger charge is 2.28. The Morgan fingerprint density at radius 1 is 1.09 bits per heavy atom. The highest BCUT2D eigenvalue weighted by molar-refractivity contribution is 9.10. The van der Waals surface area contributed by atoms with Crippen LogP contribution in [-0.4, -0.2) is 41.6 Å². The molecule has 1 aromatic rings. The van der Waals surface area contributed by atoms with E-state index in [0.29, 0.717) is 5.69 Å². The van der Waals surface area contributed by atoms with Crippen molar-refractivity contribution >= 4 is 45.2 Å². The van der Waals surface area contributed by atoms with Gasteiger partial charge in [0.25, 0.3) is 0 Å². The van der Waals surface area contributed by atoms with Gasteiger partial charge in [0.1, 0.15) is 0 Å². The zero-order chi connectivity index (χ0) is 16.8. The maximum atomic E-state index is 11.8. The molecule has 1 aliphatic rings. The summed E-state index contributed by atoms with van der Waals surface area (Å²) in [6, 6.07) is 7.12. The lowest BCUT2D eigenvalue weighted by atomic mass is 10.3. The highest BCUT2D eigenvalue weighted by atomic mass is 79.9. The Labute approximate surface area is 141 Å². The molecule has 2 N–H and O–H groups in total. The molecule has 7 nitrogen and oxygen atoms in total. The number of halogens is 1. The largest absolute Gasteiger partial charge is 0.347 e. The van der Waals surface area contributed by atoms with Gasteiger partial charge in [0, 0.05) is 30.3 Å². The van der Waals surface area contributed by atoms with Crippen LogP contribution in [0.25, 0.3) is 0 Å². The molecule has 2 rings (SSSR count). The normalized spacial score (nSPS) is 14.0. The van der Waals surface area contributed by atoms with Gasteiger partial charge >= 0.3 is 0 Å². The van der Waals surface area contributed by atoms with E-state index in [9.17, 15) is 19.2 Å². The first-order valence-corrected chi connectivity index (χ1v) is 7.91. The molecule has 0 unspecified atom stereocenters. The van der Waals surface area contributed by atoms with Crippen LogP contribution in [0.15, 0.2) is 28.7 Å². The molecular weight excluding hydrogens is 366 g/mol. The van der Waals surface area contributed by atoms with Gasteiger partial charge < -0.3 is 10.6 Å². The molecule has 0 saturated carbocycles. The second-order valence-electron chi connectivity index (χ2n) is 4.99. The average molecular weight is 382 g/mol. The first-order valence-electron chi connectivity index (χ1n) is 7.11. The van der Waals surface area contributed by atoms with E-state index < -0.39 is 0 Å². The fraction of sp³-hybridized carbons (Fsp3) is 0.333. The number of carbonyl (C=O) groups excluding carboxylic acids is 4. The summed E-state index contributed by atoms with van der Waals surface area (Å²) in [5.41, 5.74) is 0.611. The topological polar surface area (TPSA) is 95.6 Å². The molecule has 122 valence electrons. The van der Waals surface area contributed by atoms with Crippen molar-refractivity contribution in [3.8, 4) is 0 Å². The molecule has 0 atom stereocenters. The Kier molecular flexibility index (Phi) is 5.86. The van der Waals surface area contributed by atoms with Crippen molar-refractivity contribution in [3.63, 3.8) is 0 Å². The van der Waals surface area contributed by atoms with Gasteiger partial charge in [0.15, 0.2) is 0 Å². The van der Waals surface area contributed by atoms with E-state index in [-0.39, 0.29) is 56.0 Å². The minimum atomic E-state index is -0.389. The molecule has 0 radical (unpaired) electrons. The molecule has 1 aliphatic heterocycles. The van der Waals surface area contributed by atoms with Crippen LogP contribution in [0.2, 0.25) is 0 Å². The van der Waals surface area contributed by atoms with E-state index >= 15 is 0 Å². The summed E-state index contributed by atoms with van der Waals surface area (Å²) in [6.07, 6.45) is 0.392. The zero-order valence-corrected chi connectivity index (χ0v) is 13.9. The van der Waals surface area contributed by atoms with Gasteiger partial charge in [-0.25, -0.2) is 0 Å². The first-order chi connectivity index (χ1) is 11.0. The SMILES string of the molecule is O=C(CCN1C(=O)CCC1=O)NCC(=O)Nc1ccccc1Br. The Hall–Kier alpha value is -2.22. The number of anilines is 1. The van der Waals surface area contributed by atoms with Crippen LogP contribution >= 0.6 is 15.9 Å². The average Bonchev–Trinajstić information content (AvgIpc) is 2.84. The number of rotatable bonds is 6. The van der Waals surface area contributed by atoms with Crippen molar-refractivity contribution in [1.29, 1.82) is 0 Å². The highest BCUT2D eigenvalue weighted by Crippen LogP contribution is 2.20. The van der Waals surface area contributed by atoms with Gasteiger partial charge in [-0.1, -0.05) is 12.1 Å².